The normalized spacial score (nSPS) is 19.5. The SMILES string of the molecule is CN(C)C1CCN(c2ccc(N(C(=O)NCc3ccccc3)C3CCC(Cc4ccc(C#N)cn4)CC3)cc2)CC1. The topological polar surface area (TPSA) is 75.5 Å². The average Bonchev–Trinajstić information content (AvgIpc) is 3.02. The molecule has 2 heterocycles. The lowest BCUT2D eigenvalue weighted by Gasteiger charge is -2.38. The molecule has 0 unspecified atom stereocenters. The van der Waals surface area contributed by atoms with Crippen LogP contribution in [0.2, 0.25) is 0 Å². The quantitative estimate of drug-likeness (QED) is 0.372. The number of hydrogen-bond donors (Lipinski definition) is 1. The van der Waals surface area contributed by atoms with Gasteiger partial charge in [-0.2, -0.15) is 5.26 Å². The molecule has 2 amide bonds. The van der Waals surface area contributed by atoms with E-state index in [1.807, 2.05) is 47.4 Å². The molecule has 0 spiro atoms. The summed E-state index contributed by atoms with van der Waals surface area (Å²) in [7, 11) is 4.34. The van der Waals surface area contributed by atoms with E-state index in [2.05, 4.69) is 64.5 Å². The smallest absolute Gasteiger partial charge is 0.322 e. The Bertz CT molecular complexity index is 1290. The van der Waals surface area contributed by atoms with Crippen molar-refractivity contribution < 1.29 is 4.79 Å². The number of aromatic nitrogens is 1. The van der Waals surface area contributed by atoms with Gasteiger partial charge in [-0.25, -0.2) is 4.79 Å². The fourth-order valence-corrected chi connectivity index (χ4v) is 6.33. The first-order valence-corrected chi connectivity index (χ1v) is 15.0. The van der Waals surface area contributed by atoms with Gasteiger partial charge in [0.2, 0.25) is 0 Å². The van der Waals surface area contributed by atoms with Gasteiger partial charge in [0, 0.05) is 55.0 Å². The maximum Gasteiger partial charge on any atom is 0.322 e. The van der Waals surface area contributed by atoms with Crippen LogP contribution >= 0.6 is 0 Å². The van der Waals surface area contributed by atoms with Crippen molar-refractivity contribution in [3.8, 4) is 6.07 Å². The van der Waals surface area contributed by atoms with Gasteiger partial charge in [-0.05, 0) is 107 Å². The molecule has 0 atom stereocenters. The zero-order chi connectivity index (χ0) is 28.6. The summed E-state index contributed by atoms with van der Waals surface area (Å²) in [5, 5.41) is 12.2. The van der Waals surface area contributed by atoms with Gasteiger partial charge < -0.3 is 15.1 Å². The van der Waals surface area contributed by atoms with E-state index in [1.165, 1.54) is 18.5 Å². The number of nitriles is 1. The van der Waals surface area contributed by atoms with E-state index in [-0.39, 0.29) is 12.1 Å². The maximum atomic E-state index is 13.7. The lowest BCUT2D eigenvalue weighted by Crippen LogP contribution is -2.47. The first-order chi connectivity index (χ1) is 20.0. The van der Waals surface area contributed by atoms with Crippen LogP contribution in [0.4, 0.5) is 16.2 Å². The Labute approximate surface area is 244 Å². The highest BCUT2D eigenvalue weighted by Gasteiger charge is 2.30. The highest BCUT2D eigenvalue weighted by molar-refractivity contribution is 5.92. The third-order valence-electron chi connectivity index (χ3n) is 8.83. The molecule has 0 bridgehead atoms. The second-order valence-electron chi connectivity index (χ2n) is 11.7. The number of anilines is 2. The molecule has 1 saturated heterocycles. The van der Waals surface area contributed by atoms with Gasteiger partial charge in [0.05, 0.1) is 5.56 Å². The Morgan fingerprint density at radius 2 is 1.63 bits per heavy atom. The Morgan fingerprint density at radius 1 is 0.927 bits per heavy atom. The maximum absolute atomic E-state index is 13.7. The molecular weight excluding hydrogens is 508 g/mol. The van der Waals surface area contributed by atoms with Crippen molar-refractivity contribution in [2.45, 2.75) is 63.6 Å². The lowest BCUT2D eigenvalue weighted by molar-refractivity contribution is 0.237. The number of urea groups is 1. The number of nitrogens with zero attached hydrogens (tertiary/aromatic N) is 5. The predicted octanol–water partition coefficient (Wildman–Crippen LogP) is 6.00. The molecule has 41 heavy (non-hydrogen) atoms. The van der Waals surface area contributed by atoms with Crippen molar-refractivity contribution in [1.29, 1.82) is 5.26 Å². The van der Waals surface area contributed by atoms with Crippen LogP contribution in [0.1, 0.15) is 55.3 Å². The van der Waals surface area contributed by atoms with Crippen molar-refractivity contribution in [1.82, 2.24) is 15.2 Å². The zero-order valence-corrected chi connectivity index (χ0v) is 24.4. The average molecular weight is 551 g/mol. The predicted molar refractivity (Wildman–Crippen MR) is 165 cm³/mol. The molecule has 2 aliphatic rings. The van der Waals surface area contributed by atoms with E-state index >= 15 is 0 Å². The summed E-state index contributed by atoms with van der Waals surface area (Å²) in [6, 6.07) is 25.4. The van der Waals surface area contributed by atoms with Gasteiger partial charge in [-0.15, -0.1) is 0 Å². The van der Waals surface area contributed by atoms with Gasteiger partial charge in [-0.3, -0.25) is 9.88 Å². The third-order valence-corrected chi connectivity index (χ3v) is 8.83. The molecular formula is C34H42N6O. The Hall–Kier alpha value is -3.89. The highest BCUT2D eigenvalue weighted by atomic mass is 16.2. The molecule has 1 saturated carbocycles. The van der Waals surface area contributed by atoms with E-state index < -0.39 is 0 Å². The monoisotopic (exact) mass is 550 g/mol. The molecule has 1 N–H and O–H groups in total. The molecule has 214 valence electrons. The molecule has 1 aromatic heterocycles. The summed E-state index contributed by atoms with van der Waals surface area (Å²) in [6.45, 7) is 2.62. The number of nitrogens with one attached hydrogen (secondary N) is 1. The van der Waals surface area contributed by atoms with E-state index in [0.29, 0.717) is 24.1 Å². The van der Waals surface area contributed by atoms with Crippen LogP contribution in [-0.2, 0) is 13.0 Å². The summed E-state index contributed by atoms with van der Waals surface area (Å²) < 4.78 is 0. The Kier molecular flexibility index (Phi) is 9.53. The standard InChI is InChI=1S/C34H42N6O/c1-38(2)30-18-20-39(21-19-30)31-14-16-33(17-15-31)40(34(41)37-24-27-6-4-3-5-7-27)32-12-9-26(10-13-32)22-29-11-8-28(23-35)25-36-29/h3-8,11,14-17,25-26,30,32H,9-10,12-13,18-22,24H2,1-2H3,(H,37,41). The Balaban J connectivity index is 1.26. The van der Waals surface area contributed by atoms with Gasteiger partial charge in [-0.1, -0.05) is 30.3 Å². The van der Waals surface area contributed by atoms with Crippen LogP contribution in [0.15, 0.2) is 72.9 Å². The fourth-order valence-electron chi connectivity index (χ4n) is 6.33. The van der Waals surface area contributed by atoms with E-state index in [4.69, 9.17) is 5.26 Å². The largest absolute Gasteiger partial charge is 0.371 e. The van der Waals surface area contributed by atoms with Gasteiger partial charge in [0.1, 0.15) is 6.07 Å². The first kappa shape index (κ1) is 28.6. The molecule has 7 heteroatoms. The van der Waals surface area contributed by atoms with Crippen molar-refractivity contribution >= 4 is 17.4 Å². The summed E-state index contributed by atoms with van der Waals surface area (Å²) in [5.74, 6) is 0.536. The number of hydrogen-bond acceptors (Lipinski definition) is 5. The van der Waals surface area contributed by atoms with Gasteiger partial charge in [0.25, 0.3) is 0 Å². The van der Waals surface area contributed by atoms with Crippen molar-refractivity contribution in [3.05, 3.63) is 89.7 Å². The first-order valence-electron chi connectivity index (χ1n) is 15.0. The van der Waals surface area contributed by atoms with Crippen LogP contribution in [0.25, 0.3) is 0 Å². The van der Waals surface area contributed by atoms with Crippen molar-refractivity contribution in [2.75, 3.05) is 37.0 Å². The minimum Gasteiger partial charge on any atom is -0.371 e. The zero-order valence-electron chi connectivity index (χ0n) is 24.4. The lowest BCUT2D eigenvalue weighted by atomic mass is 9.82. The molecule has 1 aliphatic carbocycles. The second-order valence-corrected chi connectivity index (χ2v) is 11.7. The number of carbonyl (C=O) groups excluding carboxylic acids is 1. The van der Waals surface area contributed by atoms with E-state index in [0.717, 1.165) is 62.1 Å². The summed E-state index contributed by atoms with van der Waals surface area (Å²) in [5.41, 5.74) is 4.92. The Morgan fingerprint density at radius 3 is 2.24 bits per heavy atom. The minimum absolute atomic E-state index is 0.0365. The summed E-state index contributed by atoms with van der Waals surface area (Å²) >= 11 is 0. The van der Waals surface area contributed by atoms with Crippen LogP contribution in [0.3, 0.4) is 0 Å². The number of amides is 2. The molecule has 2 fully saturated rings. The third kappa shape index (κ3) is 7.45. The number of pyridine rings is 1. The molecule has 1 aliphatic heterocycles. The van der Waals surface area contributed by atoms with Crippen molar-refractivity contribution in [3.63, 3.8) is 0 Å². The molecule has 2 aromatic carbocycles. The van der Waals surface area contributed by atoms with Crippen LogP contribution in [0, 0.1) is 17.2 Å². The van der Waals surface area contributed by atoms with Gasteiger partial charge in [0.15, 0.2) is 0 Å². The number of benzene rings is 2. The van der Waals surface area contributed by atoms with Crippen molar-refractivity contribution in [2.24, 2.45) is 5.92 Å². The van der Waals surface area contributed by atoms with Crippen LogP contribution < -0.4 is 15.1 Å². The summed E-state index contributed by atoms with van der Waals surface area (Å²) in [6.07, 6.45) is 8.93. The van der Waals surface area contributed by atoms with E-state index in [9.17, 15) is 4.79 Å². The van der Waals surface area contributed by atoms with Gasteiger partial charge >= 0.3 is 6.03 Å². The minimum atomic E-state index is -0.0365. The number of rotatable bonds is 8. The molecule has 3 aromatic rings. The number of piperidine rings is 1. The number of carbonyl (C=O) groups is 1. The summed E-state index contributed by atoms with van der Waals surface area (Å²) in [4.78, 5) is 25.0. The molecule has 5 rings (SSSR count). The van der Waals surface area contributed by atoms with Crippen LogP contribution in [0.5, 0.6) is 0 Å². The molecule has 7 nitrogen and oxygen atoms in total. The fraction of sp³-hybridized carbons (Fsp3) is 0.441. The molecule has 0 radical (unpaired) electrons. The second kappa shape index (κ2) is 13.6. The van der Waals surface area contributed by atoms with Crippen LogP contribution in [-0.4, -0.2) is 55.2 Å². The highest BCUT2D eigenvalue weighted by Crippen LogP contribution is 2.33. The van der Waals surface area contributed by atoms with E-state index in [1.54, 1.807) is 6.20 Å².